The zero-order valence-electron chi connectivity index (χ0n) is 10.6. The van der Waals surface area contributed by atoms with Crippen molar-refractivity contribution in [3.63, 3.8) is 0 Å². The van der Waals surface area contributed by atoms with Crippen LogP contribution in [-0.4, -0.2) is 18.1 Å². The third-order valence-electron chi connectivity index (χ3n) is 3.24. The van der Waals surface area contributed by atoms with Gasteiger partial charge in [0.1, 0.15) is 11.5 Å². The molecule has 0 bridgehead atoms. The Kier molecular flexibility index (Phi) is 3.56. The highest BCUT2D eigenvalue weighted by molar-refractivity contribution is 6.33. The molecule has 1 saturated heterocycles. The summed E-state index contributed by atoms with van der Waals surface area (Å²) in [4.78, 5) is 6.33. The summed E-state index contributed by atoms with van der Waals surface area (Å²) in [6.45, 7) is 2.17. The van der Waals surface area contributed by atoms with E-state index in [1.165, 1.54) is 12.8 Å². The van der Waals surface area contributed by atoms with Gasteiger partial charge in [-0.05, 0) is 37.1 Å². The van der Waals surface area contributed by atoms with E-state index in [1.807, 2.05) is 30.3 Å². The van der Waals surface area contributed by atoms with Gasteiger partial charge < -0.3 is 9.64 Å². The molecule has 0 aliphatic carbocycles. The van der Waals surface area contributed by atoms with Crippen LogP contribution in [0.2, 0.25) is 5.02 Å². The molecule has 1 aromatic carbocycles. The number of hydrogen-bond donors (Lipinski definition) is 0. The van der Waals surface area contributed by atoms with Crippen LogP contribution in [0.3, 0.4) is 0 Å². The van der Waals surface area contributed by atoms with Crippen molar-refractivity contribution < 1.29 is 4.74 Å². The Balaban J connectivity index is 1.79. The zero-order valence-corrected chi connectivity index (χ0v) is 11.3. The second-order valence-electron chi connectivity index (χ2n) is 4.60. The molecule has 1 aromatic heterocycles. The number of nitrogens with zero attached hydrogens (tertiary/aromatic N) is 2. The van der Waals surface area contributed by atoms with Gasteiger partial charge in [-0.15, -0.1) is 0 Å². The number of benzene rings is 1. The highest BCUT2D eigenvalue weighted by Gasteiger charge is 2.15. The maximum atomic E-state index is 6.34. The first-order chi connectivity index (χ1) is 9.33. The fourth-order valence-electron chi connectivity index (χ4n) is 2.31. The van der Waals surface area contributed by atoms with Crippen molar-refractivity contribution >= 4 is 17.3 Å². The Hall–Kier alpha value is -1.74. The van der Waals surface area contributed by atoms with Crippen molar-refractivity contribution in [2.45, 2.75) is 12.8 Å². The van der Waals surface area contributed by atoms with Crippen molar-refractivity contribution in [3.05, 3.63) is 47.7 Å². The Morgan fingerprint density at radius 2 is 1.95 bits per heavy atom. The largest absolute Gasteiger partial charge is 0.456 e. The number of aromatic nitrogens is 1. The maximum Gasteiger partial charge on any atom is 0.145 e. The molecule has 2 heterocycles. The van der Waals surface area contributed by atoms with E-state index < -0.39 is 0 Å². The van der Waals surface area contributed by atoms with Crippen LogP contribution in [0.4, 0.5) is 5.69 Å². The van der Waals surface area contributed by atoms with Gasteiger partial charge in [0.15, 0.2) is 0 Å². The lowest BCUT2D eigenvalue weighted by Crippen LogP contribution is -2.17. The van der Waals surface area contributed by atoms with Crippen molar-refractivity contribution in [3.8, 4) is 11.5 Å². The Morgan fingerprint density at radius 3 is 2.63 bits per heavy atom. The maximum absolute atomic E-state index is 6.34. The molecule has 0 spiro atoms. The molecule has 1 fully saturated rings. The summed E-state index contributed by atoms with van der Waals surface area (Å²) < 4.78 is 5.71. The third-order valence-corrected chi connectivity index (χ3v) is 3.54. The summed E-state index contributed by atoms with van der Waals surface area (Å²) in [5.41, 5.74) is 1.10. The van der Waals surface area contributed by atoms with E-state index >= 15 is 0 Å². The smallest absolute Gasteiger partial charge is 0.145 e. The van der Waals surface area contributed by atoms with Gasteiger partial charge in [-0.2, -0.15) is 0 Å². The van der Waals surface area contributed by atoms with Crippen LogP contribution < -0.4 is 9.64 Å². The van der Waals surface area contributed by atoms with Crippen LogP contribution >= 0.6 is 11.6 Å². The van der Waals surface area contributed by atoms with Crippen LogP contribution in [0.15, 0.2) is 42.7 Å². The molecule has 0 atom stereocenters. The molecular weight excluding hydrogens is 260 g/mol. The van der Waals surface area contributed by atoms with Crippen LogP contribution in [-0.2, 0) is 0 Å². The topological polar surface area (TPSA) is 25.4 Å². The molecule has 19 heavy (non-hydrogen) atoms. The molecule has 0 N–H and O–H groups in total. The van der Waals surface area contributed by atoms with E-state index in [1.54, 1.807) is 12.4 Å². The first-order valence-electron chi connectivity index (χ1n) is 6.45. The Labute approximate surface area is 117 Å². The SMILES string of the molecule is Clc1cc(Oc2cccnc2)ccc1N1CCCC1. The average Bonchev–Trinajstić information content (AvgIpc) is 2.94. The van der Waals surface area contributed by atoms with Gasteiger partial charge in [-0.1, -0.05) is 11.6 Å². The molecule has 3 nitrogen and oxygen atoms in total. The summed E-state index contributed by atoms with van der Waals surface area (Å²) in [6, 6.07) is 9.55. The van der Waals surface area contributed by atoms with E-state index in [0.29, 0.717) is 5.75 Å². The molecule has 2 aromatic rings. The van der Waals surface area contributed by atoms with Crippen molar-refractivity contribution in [2.75, 3.05) is 18.0 Å². The van der Waals surface area contributed by atoms with Crippen LogP contribution in [0.25, 0.3) is 0 Å². The van der Waals surface area contributed by atoms with E-state index in [0.717, 1.165) is 29.5 Å². The molecule has 0 saturated carbocycles. The first-order valence-corrected chi connectivity index (χ1v) is 6.83. The molecule has 0 radical (unpaired) electrons. The first kappa shape index (κ1) is 12.3. The second-order valence-corrected chi connectivity index (χ2v) is 5.01. The molecule has 0 unspecified atom stereocenters. The number of anilines is 1. The second kappa shape index (κ2) is 5.49. The molecule has 0 amide bonds. The Bertz CT molecular complexity index is 553. The van der Waals surface area contributed by atoms with Crippen LogP contribution in [0.1, 0.15) is 12.8 Å². The lowest BCUT2D eigenvalue weighted by Gasteiger charge is -2.19. The van der Waals surface area contributed by atoms with Gasteiger partial charge >= 0.3 is 0 Å². The average molecular weight is 275 g/mol. The van der Waals surface area contributed by atoms with Crippen molar-refractivity contribution in [2.24, 2.45) is 0 Å². The Morgan fingerprint density at radius 1 is 1.11 bits per heavy atom. The van der Waals surface area contributed by atoms with Crippen molar-refractivity contribution in [1.82, 2.24) is 4.98 Å². The number of rotatable bonds is 3. The van der Waals surface area contributed by atoms with E-state index in [9.17, 15) is 0 Å². The highest BCUT2D eigenvalue weighted by atomic mass is 35.5. The minimum atomic E-state index is 0.715. The van der Waals surface area contributed by atoms with Gasteiger partial charge in [-0.3, -0.25) is 4.98 Å². The highest BCUT2D eigenvalue weighted by Crippen LogP contribution is 2.33. The van der Waals surface area contributed by atoms with Gasteiger partial charge in [0.25, 0.3) is 0 Å². The summed E-state index contributed by atoms with van der Waals surface area (Å²) in [5, 5.41) is 0.739. The third kappa shape index (κ3) is 2.82. The molecule has 3 rings (SSSR count). The van der Waals surface area contributed by atoms with E-state index in [4.69, 9.17) is 16.3 Å². The predicted octanol–water partition coefficient (Wildman–Crippen LogP) is 4.13. The zero-order chi connectivity index (χ0) is 13.1. The molecule has 4 heteroatoms. The standard InChI is InChI=1S/C15H15ClN2O/c16-14-10-12(19-13-4-3-7-17-11-13)5-6-15(14)18-8-1-2-9-18/h3-7,10-11H,1-2,8-9H2. The number of pyridine rings is 1. The van der Waals surface area contributed by atoms with Gasteiger partial charge in [0.05, 0.1) is 16.9 Å². The fraction of sp³-hybridized carbons (Fsp3) is 0.267. The van der Waals surface area contributed by atoms with E-state index in [-0.39, 0.29) is 0 Å². The van der Waals surface area contributed by atoms with Crippen LogP contribution in [0, 0.1) is 0 Å². The minimum absolute atomic E-state index is 0.715. The molecule has 98 valence electrons. The summed E-state index contributed by atoms with van der Waals surface area (Å²) >= 11 is 6.34. The van der Waals surface area contributed by atoms with Crippen molar-refractivity contribution in [1.29, 1.82) is 0 Å². The minimum Gasteiger partial charge on any atom is -0.456 e. The quantitative estimate of drug-likeness (QED) is 0.842. The number of ether oxygens (including phenoxy) is 1. The molecular formula is C15H15ClN2O. The monoisotopic (exact) mass is 274 g/mol. The molecule has 1 aliphatic heterocycles. The lowest BCUT2D eigenvalue weighted by atomic mass is 10.2. The van der Waals surface area contributed by atoms with Crippen LogP contribution in [0.5, 0.6) is 11.5 Å². The summed E-state index contributed by atoms with van der Waals surface area (Å²) in [6.07, 6.45) is 5.88. The predicted molar refractivity (Wildman–Crippen MR) is 77.2 cm³/mol. The van der Waals surface area contributed by atoms with E-state index in [2.05, 4.69) is 9.88 Å². The molecule has 1 aliphatic rings. The van der Waals surface area contributed by atoms with Gasteiger partial charge in [-0.25, -0.2) is 0 Å². The summed E-state index contributed by atoms with van der Waals surface area (Å²) in [5.74, 6) is 1.45. The van der Waals surface area contributed by atoms with Gasteiger partial charge in [0, 0.05) is 25.4 Å². The number of hydrogen-bond acceptors (Lipinski definition) is 3. The van der Waals surface area contributed by atoms with Gasteiger partial charge in [0.2, 0.25) is 0 Å². The summed E-state index contributed by atoms with van der Waals surface area (Å²) in [7, 11) is 0. The normalized spacial score (nSPS) is 14.7. The fourth-order valence-corrected chi connectivity index (χ4v) is 2.60. The number of halogens is 1. The lowest BCUT2D eigenvalue weighted by molar-refractivity contribution is 0.480.